The molecule has 0 bridgehead atoms. The minimum Gasteiger partial charge on any atom is -0.452 e. The van der Waals surface area contributed by atoms with Gasteiger partial charge in [0.25, 0.3) is 0 Å². The van der Waals surface area contributed by atoms with E-state index in [1.54, 1.807) is 31.3 Å². The molecule has 0 amide bonds. The summed E-state index contributed by atoms with van der Waals surface area (Å²) in [7, 11) is 0. The number of carbonyl (C=O) groups is 2. The van der Waals surface area contributed by atoms with Crippen molar-refractivity contribution in [2.24, 2.45) is 0 Å². The topological polar surface area (TPSA) is 103 Å². The van der Waals surface area contributed by atoms with E-state index in [0.29, 0.717) is 11.5 Å². The van der Waals surface area contributed by atoms with Crippen molar-refractivity contribution in [2.75, 3.05) is 6.61 Å². The Morgan fingerprint density at radius 2 is 2.00 bits per heavy atom. The van der Waals surface area contributed by atoms with E-state index in [1.807, 2.05) is 30.3 Å². The van der Waals surface area contributed by atoms with Crippen LogP contribution < -0.4 is 0 Å². The minimum absolute atomic E-state index is 0.119. The number of rotatable bonds is 6. The van der Waals surface area contributed by atoms with Gasteiger partial charge < -0.3 is 9.72 Å². The number of carbonyl (C=O) groups excluding carboxylic acids is 2. The van der Waals surface area contributed by atoms with Crippen LogP contribution in [0.25, 0.3) is 11.8 Å². The number of ether oxygens (including phenoxy) is 1. The van der Waals surface area contributed by atoms with Crippen molar-refractivity contribution in [3.05, 3.63) is 65.7 Å². The lowest BCUT2D eigenvalue weighted by molar-refractivity contribution is -0.136. The molecule has 0 saturated heterocycles. The molecule has 1 N–H and O–H groups in total. The van der Waals surface area contributed by atoms with Gasteiger partial charge in [0.1, 0.15) is 0 Å². The first kappa shape index (κ1) is 16.3. The van der Waals surface area contributed by atoms with E-state index in [2.05, 4.69) is 20.5 Å². The third-order valence-electron chi connectivity index (χ3n) is 3.40. The van der Waals surface area contributed by atoms with Crippen molar-refractivity contribution >= 4 is 23.5 Å². The number of hydrogen-bond acceptors (Lipinski definition) is 6. The van der Waals surface area contributed by atoms with Crippen LogP contribution in [-0.4, -0.2) is 43.6 Å². The lowest BCUT2D eigenvalue weighted by atomic mass is 10.2. The summed E-state index contributed by atoms with van der Waals surface area (Å²) in [5, 5.41) is 11.1. The van der Waals surface area contributed by atoms with Gasteiger partial charge in [-0.2, -0.15) is 4.68 Å². The number of ketones is 1. The highest BCUT2D eigenvalue weighted by Crippen LogP contribution is 2.14. The zero-order valence-electron chi connectivity index (χ0n) is 13.4. The van der Waals surface area contributed by atoms with Crippen LogP contribution in [0.4, 0.5) is 0 Å². The number of aromatic nitrogens is 5. The van der Waals surface area contributed by atoms with Gasteiger partial charge in [0, 0.05) is 6.20 Å². The number of H-pyrrole nitrogens is 1. The number of benzene rings is 1. The van der Waals surface area contributed by atoms with Gasteiger partial charge in [-0.1, -0.05) is 30.3 Å². The number of esters is 1. The molecule has 126 valence electrons. The third-order valence-corrected chi connectivity index (χ3v) is 3.40. The summed E-state index contributed by atoms with van der Waals surface area (Å²) in [5.41, 5.74) is 1.27. The van der Waals surface area contributed by atoms with Gasteiger partial charge in [0.05, 0.1) is 5.69 Å². The Hall–Kier alpha value is -3.55. The fourth-order valence-electron chi connectivity index (χ4n) is 2.15. The van der Waals surface area contributed by atoms with Gasteiger partial charge in [0.2, 0.25) is 5.78 Å². The van der Waals surface area contributed by atoms with E-state index in [1.165, 1.54) is 4.68 Å². The van der Waals surface area contributed by atoms with Crippen LogP contribution >= 0.6 is 0 Å². The highest BCUT2D eigenvalue weighted by atomic mass is 16.5. The zero-order chi connectivity index (χ0) is 17.6. The maximum atomic E-state index is 12.5. The van der Waals surface area contributed by atoms with Crippen LogP contribution in [-0.2, 0) is 9.53 Å². The van der Waals surface area contributed by atoms with E-state index >= 15 is 0 Å². The van der Waals surface area contributed by atoms with Crippen molar-refractivity contribution in [3.8, 4) is 0 Å². The summed E-state index contributed by atoms with van der Waals surface area (Å²) in [6, 6.07) is 12.5. The lowest BCUT2D eigenvalue weighted by Crippen LogP contribution is -2.19. The molecule has 0 atom stereocenters. The van der Waals surface area contributed by atoms with Crippen LogP contribution in [0.5, 0.6) is 0 Å². The summed E-state index contributed by atoms with van der Waals surface area (Å²) < 4.78 is 6.42. The molecule has 0 aliphatic heterocycles. The van der Waals surface area contributed by atoms with Crippen molar-refractivity contribution < 1.29 is 14.3 Å². The predicted molar refractivity (Wildman–Crippen MR) is 89.2 cm³/mol. The van der Waals surface area contributed by atoms with Gasteiger partial charge in [-0.05, 0) is 41.1 Å². The Morgan fingerprint density at radius 1 is 1.20 bits per heavy atom. The maximum Gasteiger partial charge on any atom is 0.357 e. The second-order valence-electron chi connectivity index (χ2n) is 5.16. The monoisotopic (exact) mass is 337 g/mol. The highest BCUT2D eigenvalue weighted by Gasteiger charge is 2.19. The second kappa shape index (κ2) is 7.35. The Bertz CT molecular complexity index is 898. The van der Waals surface area contributed by atoms with E-state index in [4.69, 9.17) is 4.74 Å². The molecule has 2 heterocycles. The Kier molecular flexibility index (Phi) is 4.79. The fraction of sp³-hybridized carbons (Fsp3) is 0.118. The van der Waals surface area contributed by atoms with Crippen LogP contribution in [0.2, 0.25) is 0 Å². The molecule has 0 radical (unpaired) electrons. The van der Waals surface area contributed by atoms with Gasteiger partial charge in [-0.25, -0.2) is 4.79 Å². The summed E-state index contributed by atoms with van der Waals surface area (Å²) in [6.07, 6.45) is 3.23. The maximum absolute atomic E-state index is 12.5. The standard InChI is InChI=1S/C17H15N5O3/c1-12-19-20-21-22(12)15(10-13-6-3-2-4-7-13)17(24)25-11-16(23)14-8-5-9-18-14/h2-10,18H,11H2,1H3. The molecule has 25 heavy (non-hydrogen) atoms. The van der Waals surface area contributed by atoms with Crippen LogP contribution in [0.1, 0.15) is 21.9 Å². The van der Waals surface area contributed by atoms with Crippen LogP contribution in [0, 0.1) is 6.92 Å². The zero-order valence-corrected chi connectivity index (χ0v) is 13.4. The molecule has 0 fully saturated rings. The van der Waals surface area contributed by atoms with Gasteiger partial charge >= 0.3 is 5.97 Å². The summed E-state index contributed by atoms with van der Waals surface area (Å²) in [4.78, 5) is 27.2. The van der Waals surface area contributed by atoms with Crippen molar-refractivity contribution in [1.29, 1.82) is 0 Å². The molecule has 0 spiro atoms. The smallest absolute Gasteiger partial charge is 0.357 e. The van der Waals surface area contributed by atoms with Crippen LogP contribution in [0.3, 0.4) is 0 Å². The largest absolute Gasteiger partial charge is 0.452 e. The summed E-state index contributed by atoms with van der Waals surface area (Å²) in [6.45, 7) is 1.28. The molecule has 0 aliphatic carbocycles. The van der Waals surface area contributed by atoms with Crippen molar-refractivity contribution in [1.82, 2.24) is 25.2 Å². The molecule has 8 heteroatoms. The van der Waals surface area contributed by atoms with Crippen LogP contribution in [0.15, 0.2) is 48.7 Å². The molecule has 1 aromatic carbocycles. The first-order chi connectivity index (χ1) is 12.1. The number of aryl methyl sites for hydroxylation is 1. The molecule has 3 rings (SSSR count). The first-order valence-electron chi connectivity index (χ1n) is 7.51. The Balaban J connectivity index is 1.82. The average Bonchev–Trinajstić information content (AvgIpc) is 3.30. The third kappa shape index (κ3) is 3.86. The number of tetrazole rings is 1. The number of hydrogen-bond donors (Lipinski definition) is 1. The van der Waals surface area contributed by atoms with E-state index in [-0.39, 0.29) is 18.1 Å². The first-order valence-corrected chi connectivity index (χ1v) is 7.51. The summed E-state index contributed by atoms with van der Waals surface area (Å²) >= 11 is 0. The normalized spacial score (nSPS) is 11.3. The van der Waals surface area contributed by atoms with Crippen molar-refractivity contribution in [2.45, 2.75) is 6.92 Å². The molecule has 0 saturated carbocycles. The SMILES string of the molecule is Cc1nnnn1C(=Cc1ccccc1)C(=O)OCC(=O)c1ccc[nH]1. The molecular formula is C17H15N5O3. The van der Waals surface area contributed by atoms with Gasteiger partial charge in [-0.3, -0.25) is 4.79 Å². The number of nitrogens with one attached hydrogen (secondary N) is 1. The van der Waals surface area contributed by atoms with Gasteiger partial charge in [0.15, 0.2) is 18.1 Å². The molecular weight excluding hydrogens is 322 g/mol. The molecule has 0 aliphatic rings. The highest BCUT2D eigenvalue weighted by molar-refractivity contribution is 6.15. The van der Waals surface area contributed by atoms with E-state index in [0.717, 1.165) is 5.56 Å². The Morgan fingerprint density at radius 3 is 2.64 bits per heavy atom. The summed E-state index contributed by atoms with van der Waals surface area (Å²) in [5.74, 6) is -0.597. The molecule has 0 unspecified atom stereocenters. The number of Topliss-reactive ketones (excluding diaryl/α,β-unsaturated/α-hetero) is 1. The fourth-order valence-corrected chi connectivity index (χ4v) is 2.15. The quantitative estimate of drug-likeness (QED) is 0.417. The number of nitrogens with zero attached hydrogens (tertiary/aromatic N) is 4. The molecule has 3 aromatic rings. The number of aromatic amines is 1. The molecule has 8 nitrogen and oxygen atoms in total. The van der Waals surface area contributed by atoms with E-state index < -0.39 is 5.97 Å². The Labute approximate surface area is 143 Å². The van der Waals surface area contributed by atoms with E-state index in [9.17, 15) is 9.59 Å². The predicted octanol–water partition coefficient (Wildman–Crippen LogP) is 1.73. The second-order valence-corrected chi connectivity index (χ2v) is 5.16. The van der Waals surface area contributed by atoms with Gasteiger partial charge in [-0.15, -0.1) is 5.10 Å². The average molecular weight is 337 g/mol. The van der Waals surface area contributed by atoms with Crippen molar-refractivity contribution in [3.63, 3.8) is 0 Å². The minimum atomic E-state index is -0.695. The lowest BCUT2D eigenvalue weighted by Gasteiger charge is -2.08. The molecule has 2 aromatic heterocycles.